The summed E-state index contributed by atoms with van der Waals surface area (Å²) in [6, 6.07) is 7.60. The number of nitrogens with one attached hydrogen (secondary N) is 1. The van der Waals surface area contributed by atoms with E-state index in [0.717, 1.165) is 11.1 Å². The summed E-state index contributed by atoms with van der Waals surface area (Å²) in [5.74, 6) is -1.50. The van der Waals surface area contributed by atoms with Crippen molar-refractivity contribution in [3.8, 4) is 0 Å². The average Bonchev–Trinajstić information content (AvgIpc) is 2.95. The van der Waals surface area contributed by atoms with Gasteiger partial charge in [-0.15, -0.1) is 0 Å². The Hall–Kier alpha value is -1.06. The van der Waals surface area contributed by atoms with Crippen LogP contribution in [-0.2, 0) is 9.57 Å². The fraction of sp³-hybridized carbons (Fsp3) is 0.600. The van der Waals surface area contributed by atoms with Crippen LogP contribution >= 0.6 is 0 Å². The molecule has 0 radical (unpaired) electrons. The number of hydroxylamine groups is 1. The molecule has 5 N–H and O–H groups in total. The zero-order valence-electron chi connectivity index (χ0n) is 12.2. The minimum absolute atomic E-state index is 0.225. The minimum atomic E-state index is -1.50. The maximum atomic E-state index is 10.2. The van der Waals surface area contributed by atoms with Crippen molar-refractivity contribution in [2.24, 2.45) is 0 Å². The van der Waals surface area contributed by atoms with Gasteiger partial charge in [0, 0.05) is 6.42 Å². The maximum Gasteiger partial charge on any atom is 0.218 e. The molecule has 2 heterocycles. The Bertz CT molecular complexity index is 521. The molecule has 22 heavy (non-hydrogen) atoms. The van der Waals surface area contributed by atoms with E-state index in [1.807, 2.05) is 31.2 Å². The lowest BCUT2D eigenvalue weighted by Crippen LogP contribution is -2.65. The van der Waals surface area contributed by atoms with Gasteiger partial charge in [0.05, 0.1) is 12.6 Å². The third kappa shape index (κ3) is 2.55. The van der Waals surface area contributed by atoms with Gasteiger partial charge in [-0.1, -0.05) is 29.8 Å². The van der Waals surface area contributed by atoms with E-state index in [0.29, 0.717) is 0 Å². The molecule has 3 rings (SSSR count). The molecule has 0 bridgehead atoms. The highest BCUT2D eigenvalue weighted by molar-refractivity contribution is 5.25. The van der Waals surface area contributed by atoms with E-state index in [1.54, 1.807) is 0 Å². The molecule has 1 spiro atoms. The molecule has 2 fully saturated rings. The highest BCUT2D eigenvalue weighted by Crippen LogP contribution is 2.41. The Morgan fingerprint density at radius 1 is 1.18 bits per heavy atom. The van der Waals surface area contributed by atoms with Crippen molar-refractivity contribution in [3.63, 3.8) is 0 Å². The smallest absolute Gasteiger partial charge is 0.218 e. The summed E-state index contributed by atoms with van der Waals surface area (Å²) in [5.41, 5.74) is 4.89. The van der Waals surface area contributed by atoms with Crippen molar-refractivity contribution in [3.05, 3.63) is 35.4 Å². The molecule has 6 atom stereocenters. The predicted molar refractivity (Wildman–Crippen MR) is 75.5 cm³/mol. The van der Waals surface area contributed by atoms with Gasteiger partial charge in [-0.05, 0) is 12.5 Å². The fourth-order valence-electron chi connectivity index (χ4n) is 2.98. The Morgan fingerprint density at radius 2 is 1.86 bits per heavy atom. The highest BCUT2D eigenvalue weighted by Gasteiger charge is 2.58. The molecule has 0 aliphatic carbocycles. The lowest BCUT2D eigenvalue weighted by molar-refractivity contribution is -0.360. The zero-order chi connectivity index (χ0) is 15.9. The molecule has 122 valence electrons. The van der Waals surface area contributed by atoms with Crippen LogP contribution in [0.5, 0.6) is 0 Å². The summed E-state index contributed by atoms with van der Waals surface area (Å²) in [6.07, 6.45) is -5.01. The molecular formula is C15H21NO6. The van der Waals surface area contributed by atoms with Gasteiger partial charge < -0.3 is 25.2 Å². The topological polar surface area (TPSA) is 111 Å². The van der Waals surface area contributed by atoms with Crippen LogP contribution in [0.1, 0.15) is 23.6 Å². The quantitative estimate of drug-likeness (QED) is 0.483. The number of aliphatic hydroxyl groups is 4. The van der Waals surface area contributed by atoms with Crippen LogP contribution in [0.3, 0.4) is 0 Å². The van der Waals surface area contributed by atoms with Gasteiger partial charge in [-0.3, -0.25) is 4.84 Å². The summed E-state index contributed by atoms with van der Waals surface area (Å²) < 4.78 is 5.56. The second kappa shape index (κ2) is 5.86. The number of hydrogen-bond donors (Lipinski definition) is 5. The van der Waals surface area contributed by atoms with Crippen LogP contribution in [0.15, 0.2) is 24.3 Å². The molecule has 7 nitrogen and oxygen atoms in total. The first kappa shape index (κ1) is 15.8. The molecule has 0 saturated carbocycles. The van der Waals surface area contributed by atoms with Crippen molar-refractivity contribution < 1.29 is 30.0 Å². The average molecular weight is 311 g/mol. The number of aryl methyl sites for hydroxylation is 1. The third-order valence-electron chi connectivity index (χ3n) is 4.38. The Kier molecular flexibility index (Phi) is 4.21. The Balaban J connectivity index is 1.81. The minimum Gasteiger partial charge on any atom is -0.394 e. The van der Waals surface area contributed by atoms with Gasteiger partial charge in [-0.25, -0.2) is 0 Å². The van der Waals surface area contributed by atoms with E-state index in [2.05, 4.69) is 5.48 Å². The van der Waals surface area contributed by atoms with Crippen LogP contribution in [-0.4, -0.2) is 57.2 Å². The summed E-state index contributed by atoms with van der Waals surface area (Å²) in [7, 11) is 0. The molecule has 0 amide bonds. The van der Waals surface area contributed by atoms with Gasteiger partial charge in [0.25, 0.3) is 0 Å². The predicted octanol–water partition coefficient (Wildman–Crippen LogP) is -0.869. The molecule has 1 aromatic rings. The summed E-state index contributed by atoms with van der Waals surface area (Å²) >= 11 is 0. The molecule has 7 heteroatoms. The number of hydrogen-bond acceptors (Lipinski definition) is 7. The van der Waals surface area contributed by atoms with Crippen molar-refractivity contribution in [1.29, 1.82) is 0 Å². The van der Waals surface area contributed by atoms with Crippen molar-refractivity contribution in [2.45, 2.75) is 49.6 Å². The normalized spacial score (nSPS) is 42.0. The lowest BCUT2D eigenvalue weighted by Gasteiger charge is -2.45. The molecule has 2 aliphatic heterocycles. The monoisotopic (exact) mass is 311 g/mol. The van der Waals surface area contributed by atoms with E-state index < -0.39 is 36.8 Å². The maximum absolute atomic E-state index is 10.2. The van der Waals surface area contributed by atoms with Crippen LogP contribution in [0.2, 0.25) is 0 Å². The molecule has 0 aromatic heterocycles. The second-order valence-corrected chi connectivity index (χ2v) is 5.96. The second-order valence-electron chi connectivity index (χ2n) is 5.96. The van der Waals surface area contributed by atoms with Crippen LogP contribution < -0.4 is 5.48 Å². The van der Waals surface area contributed by atoms with Crippen LogP contribution in [0.25, 0.3) is 0 Å². The molecular weight excluding hydrogens is 290 g/mol. The van der Waals surface area contributed by atoms with Gasteiger partial charge in [0.2, 0.25) is 5.79 Å². The van der Waals surface area contributed by atoms with E-state index >= 15 is 0 Å². The number of rotatable bonds is 2. The first-order valence-electron chi connectivity index (χ1n) is 7.30. The third-order valence-corrected chi connectivity index (χ3v) is 4.38. The number of benzene rings is 1. The Labute approximate surface area is 128 Å². The SMILES string of the molecule is Cc1ccc([C@@H]2C[C@]3(ON2)O[C@H](CO)[C@@H](O)[C@H](O)[C@H]3O)cc1. The number of aliphatic hydroxyl groups excluding tert-OH is 4. The standard InChI is InChI=1S/C15H21NO6/c1-8-2-4-9(5-3-8)10-6-15(22-16-10)14(20)13(19)12(18)11(7-17)21-15/h2-5,10-14,16-20H,6-7H2,1H3/t10-,11+,12+,13-,14+,15+/m0/s1. The van der Waals surface area contributed by atoms with Crippen LogP contribution in [0.4, 0.5) is 0 Å². The van der Waals surface area contributed by atoms with Crippen molar-refractivity contribution >= 4 is 0 Å². The summed E-state index contributed by atoms with van der Waals surface area (Å²) in [6.45, 7) is 1.51. The fourth-order valence-corrected chi connectivity index (χ4v) is 2.98. The van der Waals surface area contributed by atoms with Gasteiger partial charge >= 0.3 is 0 Å². The molecule has 0 unspecified atom stereocenters. The number of ether oxygens (including phenoxy) is 1. The molecule has 1 aromatic carbocycles. The first-order valence-corrected chi connectivity index (χ1v) is 7.30. The van der Waals surface area contributed by atoms with Crippen molar-refractivity contribution in [1.82, 2.24) is 5.48 Å². The van der Waals surface area contributed by atoms with E-state index in [4.69, 9.17) is 9.57 Å². The van der Waals surface area contributed by atoms with E-state index in [-0.39, 0.29) is 12.5 Å². The van der Waals surface area contributed by atoms with Crippen molar-refractivity contribution in [2.75, 3.05) is 6.61 Å². The molecule has 2 saturated heterocycles. The van der Waals surface area contributed by atoms with E-state index in [9.17, 15) is 20.4 Å². The van der Waals surface area contributed by atoms with E-state index in [1.165, 1.54) is 0 Å². The highest BCUT2D eigenvalue weighted by atomic mass is 16.8. The zero-order valence-corrected chi connectivity index (χ0v) is 12.2. The van der Waals surface area contributed by atoms with Crippen LogP contribution in [0, 0.1) is 6.92 Å². The molecule has 2 aliphatic rings. The lowest BCUT2D eigenvalue weighted by atomic mass is 9.88. The van der Waals surface area contributed by atoms with Gasteiger partial charge in [0.1, 0.15) is 24.4 Å². The van der Waals surface area contributed by atoms with Gasteiger partial charge in [0.15, 0.2) is 0 Å². The summed E-state index contributed by atoms with van der Waals surface area (Å²) in [4.78, 5) is 5.44. The first-order chi connectivity index (χ1) is 10.5. The Morgan fingerprint density at radius 3 is 2.50 bits per heavy atom. The summed E-state index contributed by atoms with van der Waals surface area (Å²) in [5, 5.41) is 39.3. The van der Waals surface area contributed by atoms with Gasteiger partial charge in [-0.2, -0.15) is 5.48 Å². The largest absolute Gasteiger partial charge is 0.394 e.